The number of nitrogens with one attached hydrogen (secondary N) is 1. The molecule has 0 radical (unpaired) electrons. The van der Waals surface area contributed by atoms with Crippen LogP contribution in [-0.4, -0.2) is 40.5 Å². The molecule has 3 aromatic rings. The van der Waals surface area contributed by atoms with Crippen LogP contribution in [0, 0.1) is 6.92 Å². The average Bonchev–Trinajstić information content (AvgIpc) is 2.82. The van der Waals surface area contributed by atoms with Crippen molar-refractivity contribution in [3.63, 3.8) is 0 Å². The lowest BCUT2D eigenvalue weighted by molar-refractivity contribution is 0.281. The molecule has 0 aliphatic carbocycles. The number of aromatic nitrogens is 2. The van der Waals surface area contributed by atoms with Gasteiger partial charge in [-0.1, -0.05) is 31.2 Å². The first-order valence-electron chi connectivity index (χ1n) is 9.74. The Morgan fingerprint density at radius 2 is 1.92 bits per heavy atom. The summed E-state index contributed by atoms with van der Waals surface area (Å²) in [6, 6.07) is 13.2. The van der Waals surface area contributed by atoms with Gasteiger partial charge in [-0.2, -0.15) is 0 Å². The summed E-state index contributed by atoms with van der Waals surface area (Å²) in [7, 11) is 0. The number of pyridine rings is 1. The fourth-order valence-electron chi connectivity index (χ4n) is 3.75. The Kier molecular flexibility index (Phi) is 5.05. The van der Waals surface area contributed by atoms with Gasteiger partial charge in [0.1, 0.15) is 5.65 Å². The monoisotopic (exact) mass is 348 g/mol. The van der Waals surface area contributed by atoms with Crippen LogP contribution in [0.2, 0.25) is 0 Å². The lowest BCUT2D eigenvalue weighted by atomic mass is 10.1. The number of rotatable bonds is 4. The fourth-order valence-corrected chi connectivity index (χ4v) is 3.75. The number of hydrogen-bond acceptors (Lipinski definition) is 3. The molecule has 3 heterocycles. The van der Waals surface area contributed by atoms with E-state index in [1.165, 1.54) is 28.8 Å². The summed E-state index contributed by atoms with van der Waals surface area (Å²) in [5.74, 6) is 0. The topological polar surface area (TPSA) is 32.6 Å². The van der Waals surface area contributed by atoms with Gasteiger partial charge in [0.05, 0.1) is 11.4 Å². The normalized spacial score (nSPS) is 16.1. The Balaban J connectivity index is 1.76. The van der Waals surface area contributed by atoms with E-state index in [1.54, 1.807) is 0 Å². The van der Waals surface area contributed by atoms with Gasteiger partial charge in [-0.05, 0) is 56.1 Å². The maximum absolute atomic E-state index is 5.01. The van der Waals surface area contributed by atoms with Gasteiger partial charge in [-0.25, -0.2) is 4.98 Å². The van der Waals surface area contributed by atoms with Crippen LogP contribution in [-0.2, 0) is 13.0 Å². The molecule has 0 bridgehead atoms. The molecule has 4 rings (SSSR count). The van der Waals surface area contributed by atoms with E-state index >= 15 is 0 Å². The molecule has 4 nitrogen and oxygen atoms in total. The molecule has 2 aromatic heterocycles. The van der Waals surface area contributed by atoms with Crippen LogP contribution < -0.4 is 5.32 Å². The van der Waals surface area contributed by atoms with E-state index < -0.39 is 0 Å². The second-order valence-electron chi connectivity index (χ2n) is 7.27. The molecular formula is C22H28N4. The van der Waals surface area contributed by atoms with Gasteiger partial charge in [0.15, 0.2) is 0 Å². The van der Waals surface area contributed by atoms with Crippen molar-refractivity contribution in [1.29, 1.82) is 0 Å². The van der Waals surface area contributed by atoms with E-state index in [0.29, 0.717) is 0 Å². The zero-order valence-electron chi connectivity index (χ0n) is 15.8. The zero-order valence-corrected chi connectivity index (χ0v) is 15.8. The van der Waals surface area contributed by atoms with E-state index in [4.69, 9.17) is 4.98 Å². The number of hydrogen-bond donors (Lipinski definition) is 1. The molecule has 136 valence electrons. The summed E-state index contributed by atoms with van der Waals surface area (Å²) >= 11 is 0. The predicted molar refractivity (Wildman–Crippen MR) is 108 cm³/mol. The van der Waals surface area contributed by atoms with Crippen LogP contribution in [0.3, 0.4) is 0 Å². The molecule has 0 atom stereocenters. The molecule has 1 aromatic carbocycles. The summed E-state index contributed by atoms with van der Waals surface area (Å²) in [6.07, 6.45) is 4.45. The minimum Gasteiger partial charge on any atom is -0.315 e. The summed E-state index contributed by atoms with van der Waals surface area (Å²) in [5, 5.41) is 3.50. The number of fused-ring (bicyclic) bond motifs is 1. The van der Waals surface area contributed by atoms with Crippen LogP contribution in [0.4, 0.5) is 0 Å². The van der Waals surface area contributed by atoms with E-state index in [1.807, 2.05) is 0 Å². The van der Waals surface area contributed by atoms with Gasteiger partial charge in [0.2, 0.25) is 0 Å². The molecule has 26 heavy (non-hydrogen) atoms. The van der Waals surface area contributed by atoms with Crippen molar-refractivity contribution in [2.24, 2.45) is 0 Å². The lowest BCUT2D eigenvalue weighted by Gasteiger charge is -2.20. The largest absolute Gasteiger partial charge is 0.315 e. The van der Waals surface area contributed by atoms with Crippen LogP contribution >= 0.6 is 0 Å². The van der Waals surface area contributed by atoms with Crippen molar-refractivity contribution < 1.29 is 0 Å². The highest BCUT2D eigenvalue weighted by atomic mass is 15.2. The van der Waals surface area contributed by atoms with Crippen LogP contribution in [0.1, 0.15) is 30.2 Å². The van der Waals surface area contributed by atoms with Gasteiger partial charge in [-0.3, -0.25) is 4.90 Å². The summed E-state index contributed by atoms with van der Waals surface area (Å²) in [6.45, 7) is 9.68. The third kappa shape index (κ3) is 3.53. The average molecular weight is 348 g/mol. The minimum atomic E-state index is 0.941. The molecule has 0 unspecified atom stereocenters. The molecule has 1 fully saturated rings. The Labute approximate surface area is 155 Å². The van der Waals surface area contributed by atoms with Crippen molar-refractivity contribution in [3.05, 3.63) is 59.4 Å². The van der Waals surface area contributed by atoms with Crippen molar-refractivity contribution in [2.45, 2.75) is 33.2 Å². The third-order valence-corrected chi connectivity index (χ3v) is 5.32. The zero-order chi connectivity index (χ0) is 17.9. The first kappa shape index (κ1) is 17.3. The van der Waals surface area contributed by atoms with E-state index in [9.17, 15) is 0 Å². The first-order valence-corrected chi connectivity index (χ1v) is 9.74. The highest BCUT2D eigenvalue weighted by molar-refractivity contribution is 5.67. The molecule has 1 aliphatic rings. The Bertz CT molecular complexity index is 871. The molecule has 0 spiro atoms. The van der Waals surface area contributed by atoms with E-state index in [2.05, 4.69) is 71.1 Å². The van der Waals surface area contributed by atoms with Crippen LogP contribution in [0.5, 0.6) is 0 Å². The molecule has 4 heteroatoms. The Morgan fingerprint density at radius 3 is 2.73 bits per heavy atom. The van der Waals surface area contributed by atoms with Crippen LogP contribution in [0.15, 0.2) is 42.6 Å². The van der Waals surface area contributed by atoms with Gasteiger partial charge in [0.25, 0.3) is 0 Å². The lowest BCUT2D eigenvalue weighted by Crippen LogP contribution is -2.28. The molecule has 0 amide bonds. The highest BCUT2D eigenvalue weighted by Gasteiger charge is 2.18. The van der Waals surface area contributed by atoms with Crippen molar-refractivity contribution in [2.75, 3.05) is 26.2 Å². The van der Waals surface area contributed by atoms with Gasteiger partial charge < -0.3 is 9.72 Å². The summed E-state index contributed by atoms with van der Waals surface area (Å²) in [5.41, 5.74) is 7.30. The summed E-state index contributed by atoms with van der Waals surface area (Å²) < 4.78 is 2.27. The van der Waals surface area contributed by atoms with Crippen molar-refractivity contribution >= 4 is 5.65 Å². The maximum Gasteiger partial charge on any atom is 0.137 e. The van der Waals surface area contributed by atoms with Crippen molar-refractivity contribution in [3.8, 4) is 11.3 Å². The van der Waals surface area contributed by atoms with E-state index in [0.717, 1.165) is 50.5 Å². The summed E-state index contributed by atoms with van der Waals surface area (Å²) in [4.78, 5) is 7.56. The molecular weight excluding hydrogens is 320 g/mol. The third-order valence-electron chi connectivity index (χ3n) is 5.32. The fraction of sp³-hybridized carbons (Fsp3) is 0.409. The molecule has 1 aliphatic heterocycles. The van der Waals surface area contributed by atoms with Gasteiger partial charge >= 0.3 is 0 Å². The maximum atomic E-state index is 5.01. The number of benzene rings is 1. The number of imidazole rings is 1. The molecule has 1 N–H and O–H groups in total. The Hall–Kier alpha value is -2.17. The molecule has 1 saturated heterocycles. The minimum absolute atomic E-state index is 0.941. The first-order chi connectivity index (χ1) is 12.7. The van der Waals surface area contributed by atoms with Crippen LogP contribution in [0.25, 0.3) is 16.9 Å². The predicted octanol–water partition coefficient (Wildman–Crippen LogP) is 3.67. The SMILES string of the molecule is CCc1ccc(-c2nc3cc(C)ccn3c2CN2CCCNCC2)cc1. The quantitative estimate of drug-likeness (QED) is 0.781. The van der Waals surface area contributed by atoms with Gasteiger partial charge in [0, 0.05) is 31.4 Å². The molecule has 0 saturated carbocycles. The standard InChI is InChI=1S/C22H28N4/c1-3-18-5-7-19(8-6-18)22-20(16-25-12-4-10-23-11-14-25)26-13-9-17(2)15-21(26)24-22/h5-9,13,15,23H,3-4,10-12,14,16H2,1-2H3. The second-order valence-corrected chi connectivity index (χ2v) is 7.27. The number of nitrogens with zero attached hydrogens (tertiary/aromatic N) is 3. The highest BCUT2D eigenvalue weighted by Crippen LogP contribution is 2.27. The smallest absolute Gasteiger partial charge is 0.137 e. The second kappa shape index (κ2) is 7.60. The van der Waals surface area contributed by atoms with E-state index in [-0.39, 0.29) is 0 Å². The van der Waals surface area contributed by atoms with Crippen molar-refractivity contribution in [1.82, 2.24) is 19.6 Å². The number of aryl methyl sites for hydroxylation is 2. The van der Waals surface area contributed by atoms with Gasteiger partial charge in [-0.15, -0.1) is 0 Å². The Morgan fingerprint density at radius 1 is 1.08 bits per heavy atom.